The van der Waals surface area contributed by atoms with E-state index in [1.807, 2.05) is 0 Å². The van der Waals surface area contributed by atoms with E-state index >= 15 is 0 Å². The van der Waals surface area contributed by atoms with Gasteiger partial charge in [0.25, 0.3) is 11.8 Å². The Morgan fingerprint density at radius 1 is 1.08 bits per heavy atom. The van der Waals surface area contributed by atoms with Crippen molar-refractivity contribution in [3.8, 4) is 11.5 Å². The first-order chi connectivity index (χ1) is 12.6. The maximum atomic E-state index is 12.0. The van der Waals surface area contributed by atoms with Crippen LogP contribution in [0.1, 0.15) is 5.56 Å². The molecule has 0 radical (unpaired) electrons. The van der Waals surface area contributed by atoms with Crippen molar-refractivity contribution in [2.45, 2.75) is 0 Å². The van der Waals surface area contributed by atoms with Gasteiger partial charge in [-0.2, -0.15) is 0 Å². The number of carbonyl (C=O) groups excluding carboxylic acids is 2. The molecule has 0 aliphatic carbocycles. The van der Waals surface area contributed by atoms with E-state index in [4.69, 9.17) is 14.3 Å². The second-order valence-corrected chi connectivity index (χ2v) is 5.36. The fraction of sp³-hybridized carbons (Fsp3) is 0.167. The van der Waals surface area contributed by atoms with Gasteiger partial charge in [0, 0.05) is 11.3 Å². The summed E-state index contributed by atoms with van der Waals surface area (Å²) in [7, 11) is 3.09. The van der Waals surface area contributed by atoms with Crippen LogP contribution in [0.25, 0.3) is 0 Å². The molecule has 2 amide bonds. The summed E-state index contributed by atoms with van der Waals surface area (Å²) < 4.78 is 10.2. The molecule has 2 N–H and O–H groups in total. The molecule has 0 bridgehead atoms. The number of nitrogens with zero attached hydrogens (tertiary/aromatic N) is 1. The lowest BCUT2D eigenvalue weighted by atomic mass is 10.1. The van der Waals surface area contributed by atoms with Crippen LogP contribution in [0.4, 0.5) is 11.4 Å². The molecular formula is C18H17N3O5. The quantitative estimate of drug-likeness (QED) is 0.773. The second kappa shape index (κ2) is 7.56. The third kappa shape index (κ3) is 3.75. The Morgan fingerprint density at radius 3 is 2.46 bits per heavy atom. The predicted molar refractivity (Wildman–Crippen MR) is 95.7 cm³/mol. The van der Waals surface area contributed by atoms with Crippen LogP contribution in [-0.4, -0.2) is 38.4 Å². The molecule has 26 heavy (non-hydrogen) atoms. The number of amides is 2. The van der Waals surface area contributed by atoms with Crippen LogP contribution in [0.3, 0.4) is 0 Å². The average Bonchev–Trinajstić information content (AvgIpc) is 2.97. The number of ether oxygens (including phenoxy) is 2. The smallest absolute Gasteiger partial charge is 0.278 e. The molecule has 8 heteroatoms. The number of anilines is 2. The van der Waals surface area contributed by atoms with Crippen LogP contribution in [0, 0.1) is 0 Å². The van der Waals surface area contributed by atoms with Gasteiger partial charge in [0.2, 0.25) is 0 Å². The molecule has 0 fully saturated rings. The topological polar surface area (TPSA) is 98.3 Å². The van der Waals surface area contributed by atoms with Crippen molar-refractivity contribution in [1.82, 2.24) is 0 Å². The minimum absolute atomic E-state index is 0.0937. The minimum atomic E-state index is -0.399. The Labute approximate surface area is 149 Å². The highest BCUT2D eigenvalue weighted by molar-refractivity contribution is 6.53. The molecular weight excluding hydrogens is 338 g/mol. The van der Waals surface area contributed by atoms with Crippen LogP contribution in [0.5, 0.6) is 11.5 Å². The Kier molecular flexibility index (Phi) is 5.02. The number of methoxy groups -OCH3 is 2. The summed E-state index contributed by atoms with van der Waals surface area (Å²) in [6.45, 7) is -0.331. The summed E-state index contributed by atoms with van der Waals surface area (Å²) in [4.78, 5) is 28.9. The highest BCUT2D eigenvalue weighted by atomic mass is 16.6. The third-order valence-corrected chi connectivity index (χ3v) is 3.67. The molecule has 0 spiro atoms. The number of fused-ring (bicyclic) bond motifs is 1. The molecule has 1 aliphatic rings. The van der Waals surface area contributed by atoms with E-state index < -0.39 is 11.8 Å². The molecule has 3 rings (SSSR count). The molecule has 2 aromatic carbocycles. The van der Waals surface area contributed by atoms with Gasteiger partial charge in [-0.15, -0.1) is 0 Å². The normalized spacial score (nSPS) is 13.8. The number of hydrogen-bond acceptors (Lipinski definition) is 6. The third-order valence-electron chi connectivity index (χ3n) is 3.67. The number of oxime groups is 1. The van der Waals surface area contributed by atoms with Crippen LogP contribution in [-0.2, 0) is 14.4 Å². The Bertz CT molecular complexity index is 862. The van der Waals surface area contributed by atoms with Crippen molar-refractivity contribution in [2.75, 3.05) is 31.5 Å². The first kappa shape index (κ1) is 17.3. The molecule has 0 aromatic heterocycles. The first-order valence-electron chi connectivity index (χ1n) is 7.74. The number of nitrogens with one attached hydrogen (secondary N) is 2. The predicted octanol–water partition coefficient (Wildman–Crippen LogP) is 2.02. The zero-order valence-corrected chi connectivity index (χ0v) is 14.2. The van der Waals surface area contributed by atoms with E-state index in [-0.39, 0.29) is 12.3 Å². The number of rotatable bonds is 6. The first-order valence-corrected chi connectivity index (χ1v) is 7.74. The van der Waals surface area contributed by atoms with Crippen molar-refractivity contribution in [1.29, 1.82) is 0 Å². The summed E-state index contributed by atoms with van der Waals surface area (Å²) in [5.74, 6) is 0.477. The standard InChI is InChI=1S/C18H17N3O5/c1-24-12-5-3-11(4-6-12)19-16(22)10-26-21-17-14-9-13(25-2)7-8-15(14)20-18(17)23/h3-9H,10H2,1-2H3,(H,19,22)(H,20,21,23). The molecule has 0 saturated carbocycles. The lowest BCUT2D eigenvalue weighted by Gasteiger charge is -2.06. The SMILES string of the molecule is COc1ccc(NC(=O)CON=C2C(=O)Nc3ccc(OC)cc32)cc1. The zero-order valence-electron chi connectivity index (χ0n) is 14.2. The largest absolute Gasteiger partial charge is 0.497 e. The number of hydrogen-bond donors (Lipinski definition) is 2. The summed E-state index contributed by atoms with van der Waals surface area (Å²) in [5.41, 5.74) is 1.86. The molecule has 134 valence electrons. The second-order valence-electron chi connectivity index (χ2n) is 5.36. The maximum absolute atomic E-state index is 12.0. The van der Waals surface area contributed by atoms with Crippen molar-refractivity contribution in [3.05, 3.63) is 48.0 Å². The molecule has 1 heterocycles. The Hall–Kier alpha value is -3.55. The lowest BCUT2D eigenvalue weighted by molar-refractivity contribution is -0.120. The molecule has 0 atom stereocenters. The van der Waals surface area contributed by atoms with Gasteiger partial charge in [0.05, 0.1) is 19.9 Å². The van der Waals surface area contributed by atoms with Gasteiger partial charge < -0.3 is 24.9 Å². The van der Waals surface area contributed by atoms with Gasteiger partial charge in [-0.05, 0) is 42.5 Å². The Balaban J connectivity index is 1.61. The van der Waals surface area contributed by atoms with Crippen molar-refractivity contribution in [2.24, 2.45) is 5.16 Å². The molecule has 2 aromatic rings. The van der Waals surface area contributed by atoms with Crippen LogP contribution >= 0.6 is 0 Å². The van der Waals surface area contributed by atoms with Gasteiger partial charge in [-0.1, -0.05) is 5.16 Å². The van der Waals surface area contributed by atoms with E-state index in [9.17, 15) is 9.59 Å². The fourth-order valence-electron chi connectivity index (χ4n) is 2.38. The highest BCUT2D eigenvalue weighted by Gasteiger charge is 2.27. The number of benzene rings is 2. The summed E-state index contributed by atoms with van der Waals surface area (Å²) >= 11 is 0. The highest BCUT2D eigenvalue weighted by Crippen LogP contribution is 2.27. The molecule has 0 unspecified atom stereocenters. The monoisotopic (exact) mass is 355 g/mol. The number of carbonyl (C=O) groups is 2. The maximum Gasteiger partial charge on any atom is 0.278 e. The van der Waals surface area contributed by atoms with Crippen molar-refractivity contribution >= 4 is 28.9 Å². The van der Waals surface area contributed by atoms with Crippen LogP contribution in [0.2, 0.25) is 0 Å². The van der Waals surface area contributed by atoms with E-state index in [0.717, 1.165) is 0 Å². The summed E-state index contributed by atoms with van der Waals surface area (Å²) in [6, 6.07) is 12.0. The minimum Gasteiger partial charge on any atom is -0.497 e. The molecule has 0 saturated heterocycles. The van der Waals surface area contributed by atoms with Gasteiger partial charge >= 0.3 is 0 Å². The van der Waals surface area contributed by atoms with Crippen LogP contribution < -0.4 is 20.1 Å². The van der Waals surface area contributed by atoms with E-state index in [1.54, 1.807) is 49.6 Å². The summed E-state index contributed by atoms with van der Waals surface area (Å²) in [6.07, 6.45) is 0. The van der Waals surface area contributed by atoms with Crippen LogP contribution in [0.15, 0.2) is 47.6 Å². The van der Waals surface area contributed by atoms with Gasteiger partial charge in [0.1, 0.15) is 11.5 Å². The van der Waals surface area contributed by atoms with Crippen molar-refractivity contribution in [3.63, 3.8) is 0 Å². The molecule has 8 nitrogen and oxygen atoms in total. The van der Waals surface area contributed by atoms with Gasteiger partial charge in [0.15, 0.2) is 12.3 Å². The fourth-order valence-corrected chi connectivity index (χ4v) is 2.38. The molecule has 1 aliphatic heterocycles. The van der Waals surface area contributed by atoms with E-state index in [1.165, 1.54) is 7.11 Å². The average molecular weight is 355 g/mol. The Morgan fingerprint density at radius 2 is 1.77 bits per heavy atom. The lowest BCUT2D eigenvalue weighted by Crippen LogP contribution is -2.19. The van der Waals surface area contributed by atoms with E-state index in [0.29, 0.717) is 28.4 Å². The van der Waals surface area contributed by atoms with Crippen molar-refractivity contribution < 1.29 is 23.9 Å². The van der Waals surface area contributed by atoms with E-state index in [2.05, 4.69) is 15.8 Å². The van der Waals surface area contributed by atoms with Gasteiger partial charge in [-0.25, -0.2) is 0 Å². The summed E-state index contributed by atoms with van der Waals surface area (Å²) in [5, 5.41) is 9.13. The zero-order chi connectivity index (χ0) is 18.5. The van der Waals surface area contributed by atoms with Gasteiger partial charge in [-0.3, -0.25) is 9.59 Å².